The Bertz CT molecular complexity index is 792. The monoisotopic (exact) mass is 333 g/mol. The van der Waals surface area contributed by atoms with E-state index in [0.29, 0.717) is 16.9 Å². The van der Waals surface area contributed by atoms with Crippen LogP contribution in [0.2, 0.25) is 0 Å². The van der Waals surface area contributed by atoms with Gasteiger partial charge in [0, 0.05) is 12.2 Å². The molecule has 2 aromatic rings. The van der Waals surface area contributed by atoms with Crippen LogP contribution in [0.15, 0.2) is 36.4 Å². The predicted octanol–water partition coefficient (Wildman–Crippen LogP) is 3.95. The van der Waals surface area contributed by atoms with Gasteiger partial charge in [0.25, 0.3) is 5.91 Å². The Kier molecular flexibility index (Phi) is 4.88. The molecule has 1 heterocycles. The Morgan fingerprint density at radius 2 is 1.83 bits per heavy atom. The highest BCUT2D eigenvalue weighted by atomic mass is 19.4. The minimum absolute atomic E-state index is 0.133. The number of benzene rings is 1. The molecule has 0 fully saturated rings. The van der Waals surface area contributed by atoms with E-state index in [-0.39, 0.29) is 12.2 Å². The van der Waals surface area contributed by atoms with Crippen molar-refractivity contribution in [1.29, 1.82) is 5.26 Å². The third-order valence-electron chi connectivity index (χ3n) is 3.49. The summed E-state index contributed by atoms with van der Waals surface area (Å²) in [5.41, 5.74) is 0.491. The lowest BCUT2D eigenvalue weighted by atomic mass is 10.1. The van der Waals surface area contributed by atoms with Crippen molar-refractivity contribution in [2.45, 2.75) is 20.0 Å². The summed E-state index contributed by atoms with van der Waals surface area (Å²) in [4.78, 5) is 18.0. The van der Waals surface area contributed by atoms with Gasteiger partial charge in [-0.1, -0.05) is 0 Å². The third-order valence-corrected chi connectivity index (χ3v) is 3.49. The van der Waals surface area contributed by atoms with Crippen molar-refractivity contribution < 1.29 is 18.0 Å². The average molecular weight is 333 g/mol. The Balaban J connectivity index is 2.32. The van der Waals surface area contributed by atoms with Gasteiger partial charge in [-0.25, -0.2) is 4.98 Å². The van der Waals surface area contributed by atoms with Crippen LogP contribution >= 0.6 is 0 Å². The number of anilines is 1. The van der Waals surface area contributed by atoms with Gasteiger partial charge < -0.3 is 4.90 Å². The Labute approximate surface area is 137 Å². The molecule has 0 spiro atoms. The summed E-state index contributed by atoms with van der Waals surface area (Å²) < 4.78 is 37.9. The summed E-state index contributed by atoms with van der Waals surface area (Å²) >= 11 is 0. The van der Waals surface area contributed by atoms with E-state index in [0.717, 1.165) is 12.1 Å². The molecule has 124 valence electrons. The van der Waals surface area contributed by atoms with Gasteiger partial charge >= 0.3 is 6.18 Å². The number of halogens is 3. The second kappa shape index (κ2) is 6.71. The minimum atomic E-state index is -4.43. The van der Waals surface area contributed by atoms with Crippen LogP contribution < -0.4 is 4.90 Å². The van der Waals surface area contributed by atoms with Crippen LogP contribution in [0.1, 0.15) is 34.2 Å². The lowest BCUT2D eigenvalue weighted by Gasteiger charge is -2.21. The summed E-state index contributed by atoms with van der Waals surface area (Å²) in [5.74, 6) is -0.440. The van der Waals surface area contributed by atoms with Gasteiger partial charge in [0.1, 0.15) is 11.8 Å². The molecule has 0 atom stereocenters. The molecule has 1 amide bonds. The average Bonchev–Trinajstić information content (AvgIpc) is 2.55. The molecule has 4 nitrogen and oxygen atoms in total. The molecule has 0 aliphatic heterocycles. The maximum Gasteiger partial charge on any atom is 0.416 e. The lowest BCUT2D eigenvalue weighted by molar-refractivity contribution is -0.137. The van der Waals surface area contributed by atoms with Crippen LogP contribution in [0.3, 0.4) is 0 Å². The highest BCUT2D eigenvalue weighted by molar-refractivity contribution is 6.04. The normalized spacial score (nSPS) is 11.0. The molecular weight excluding hydrogens is 319 g/mol. The lowest BCUT2D eigenvalue weighted by Crippen LogP contribution is -2.31. The van der Waals surface area contributed by atoms with Crippen molar-refractivity contribution in [2.24, 2.45) is 0 Å². The Hall–Kier alpha value is -2.88. The topological polar surface area (TPSA) is 57.0 Å². The Morgan fingerprint density at radius 3 is 2.29 bits per heavy atom. The minimum Gasteiger partial charge on any atom is -0.307 e. The highest BCUT2D eigenvalue weighted by Crippen LogP contribution is 2.30. The molecule has 1 aromatic heterocycles. The fraction of sp³-hybridized carbons (Fsp3) is 0.235. The van der Waals surface area contributed by atoms with Crippen molar-refractivity contribution in [3.05, 3.63) is 58.9 Å². The molecule has 0 N–H and O–H groups in total. The Morgan fingerprint density at radius 1 is 1.21 bits per heavy atom. The molecule has 24 heavy (non-hydrogen) atoms. The van der Waals surface area contributed by atoms with Crippen LogP contribution in [-0.4, -0.2) is 17.4 Å². The molecule has 0 radical (unpaired) electrons. The number of alkyl halides is 3. The number of rotatable bonds is 3. The van der Waals surface area contributed by atoms with Crippen molar-refractivity contribution >= 4 is 11.6 Å². The first-order valence-corrected chi connectivity index (χ1v) is 7.14. The quantitative estimate of drug-likeness (QED) is 0.854. The van der Waals surface area contributed by atoms with E-state index in [4.69, 9.17) is 5.26 Å². The molecular formula is C17H14F3N3O. The summed E-state index contributed by atoms with van der Waals surface area (Å²) in [6.07, 6.45) is -4.43. The number of carbonyl (C=O) groups is 1. The van der Waals surface area contributed by atoms with Crippen molar-refractivity contribution in [3.63, 3.8) is 0 Å². The number of hydrogen-bond donors (Lipinski definition) is 0. The maximum atomic E-state index is 12.6. The molecule has 0 aliphatic carbocycles. The van der Waals surface area contributed by atoms with Crippen LogP contribution in [-0.2, 0) is 6.18 Å². The number of carbonyl (C=O) groups excluding carboxylic acids is 1. The summed E-state index contributed by atoms with van der Waals surface area (Å²) in [6, 6.07) is 9.26. The number of nitriles is 1. The summed E-state index contributed by atoms with van der Waals surface area (Å²) in [5, 5.41) is 8.90. The number of aromatic nitrogens is 1. The van der Waals surface area contributed by atoms with Gasteiger partial charge in [0.15, 0.2) is 0 Å². The van der Waals surface area contributed by atoms with Gasteiger partial charge in [-0.2, -0.15) is 18.4 Å². The van der Waals surface area contributed by atoms with Gasteiger partial charge in [0.05, 0.1) is 16.8 Å². The standard InChI is InChI=1S/C17H14F3N3O/c1-3-23(14-7-5-13(6-8-14)17(18,19)20)16(24)15-9-4-12(10-21)11(2)22-15/h4-9H,3H2,1-2H3. The van der Waals surface area contributed by atoms with Gasteiger partial charge in [-0.05, 0) is 50.2 Å². The molecule has 0 saturated heterocycles. The molecule has 0 saturated carbocycles. The largest absolute Gasteiger partial charge is 0.416 e. The summed E-state index contributed by atoms with van der Waals surface area (Å²) in [7, 11) is 0. The fourth-order valence-corrected chi connectivity index (χ4v) is 2.21. The smallest absolute Gasteiger partial charge is 0.307 e. The molecule has 0 unspecified atom stereocenters. The zero-order valence-corrected chi connectivity index (χ0v) is 13.1. The van der Waals surface area contributed by atoms with Gasteiger partial charge in [0.2, 0.25) is 0 Å². The van der Waals surface area contributed by atoms with E-state index in [1.807, 2.05) is 6.07 Å². The molecule has 0 aliphatic rings. The van der Waals surface area contributed by atoms with E-state index in [1.165, 1.54) is 29.2 Å². The second-order valence-electron chi connectivity index (χ2n) is 5.04. The predicted molar refractivity (Wildman–Crippen MR) is 82.5 cm³/mol. The molecule has 1 aromatic carbocycles. The number of hydrogen-bond acceptors (Lipinski definition) is 3. The van der Waals surface area contributed by atoms with Crippen LogP contribution in [0.4, 0.5) is 18.9 Å². The van der Waals surface area contributed by atoms with Crippen LogP contribution in [0.5, 0.6) is 0 Å². The van der Waals surface area contributed by atoms with E-state index < -0.39 is 17.6 Å². The second-order valence-corrected chi connectivity index (χ2v) is 5.04. The van der Waals surface area contributed by atoms with Crippen LogP contribution in [0, 0.1) is 18.3 Å². The van der Waals surface area contributed by atoms with Crippen molar-refractivity contribution in [2.75, 3.05) is 11.4 Å². The zero-order valence-electron chi connectivity index (χ0n) is 13.1. The van der Waals surface area contributed by atoms with Gasteiger partial charge in [-0.3, -0.25) is 4.79 Å². The van der Waals surface area contributed by atoms with E-state index in [2.05, 4.69) is 4.98 Å². The van der Waals surface area contributed by atoms with Crippen molar-refractivity contribution in [3.8, 4) is 6.07 Å². The SMILES string of the molecule is CCN(C(=O)c1ccc(C#N)c(C)n1)c1ccc(C(F)(F)F)cc1. The van der Waals surface area contributed by atoms with Gasteiger partial charge in [-0.15, -0.1) is 0 Å². The number of pyridine rings is 1. The number of amides is 1. The first-order chi connectivity index (χ1) is 11.3. The van der Waals surface area contributed by atoms with E-state index in [9.17, 15) is 18.0 Å². The maximum absolute atomic E-state index is 12.6. The number of nitrogens with zero attached hydrogens (tertiary/aromatic N) is 3. The van der Waals surface area contributed by atoms with Crippen molar-refractivity contribution in [1.82, 2.24) is 4.98 Å². The van der Waals surface area contributed by atoms with E-state index in [1.54, 1.807) is 13.8 Å². The molecule has 0 bridgehead atoms. The molecule has 7 heteroatoms. The molecule has 2 rings (SSSR count). The summed E-state index contributed by atoms with van der Waals surface area (Å²) in [6.45, 7) is 3.60. The highest BCUT2D eigenvalue weighted by Gasteiger charge is 2.30. The first-order valence-electron chi connectivity index (χ1n) is 7.14. The van der Waals surface area contributed by atoms with E-state index >= 15 is 0 Å². The third kappa shape index (κ3) is 3.54. The zero-order chi connectivity index (χ0) is 17.9. The first kappa shape index (κ1) is 17.5. The number of aryl methyl sites for hydroxylation is 1. The van der Waals surface area contributed by atoms with Crippen LogP contribution in [0.25, 0.3) is 0 Å². The fourth-order valence-electron chi connectivity index (χ4n) is 2.21.